The lowest BCUT2D eigenvalue weighted by Gasteiger charge is -2.07. The molecule has 1 unspecified atom stereocenters. The molecular formula is C11H17N3O2S. The molecule has 0 aliphatic carbocycles. The van der Waals surface area contributed by atoms with E-state index < -0.39 is 0 Å². The first-order valence-electron chi connectivity index (χ1n) is 5.80. The molecule has 6 heteroatoms. The zero-order valence-electron chi connectivity index (χ0n) is 9.65. The van der Waals surface area contributed by atoms with E-state index in [1.165, 1.54) is 11.3 Å². The third-order valence-corrected chi connectivity index (χ3v) is 3.69. The van der Waals surface area contributed by atoms with Gasteiger partial charge in [-0.15, -0.1) is 11.3 Å². The van der Waals surface area contributed by atoms with Crippen molar-refractivity contribution < 1.29 is 9.53 Å². The number of amides is 1. The summed E-state index contributed by atoms with van der Waals surface area (Å²) >= 11 is 1.42. The molecule has 0 saturated carbocycles. The van der Waals surface area contributed by atoms with Crippen LogP contribution in [0.4, 0.5) is 0 Å². The monoisotopic (exact) mass is 255 g/mol. The lowest BCUT2D eigenvalue weighted by molar-refractivity contribution is 0.0946. The second-order valence-corrected chi connectivity index (χ2v) is 5.05. The number of carbonyl (C=O) groups excluding carboxylic acids is 1. The van der Waals surface area contributed by atoms with E-state index in [-0.39, 0.29) is 5.91 Å². The predicted molar refractivity (Wildman–Crippen MR) is 65.9 cm³/mol. The van der Waals surface area contributed by atoms with Gasteiger partial charge in [0.1, 0.15) is 10.7 Å². The fourth-order valence-electron chi connectivity index (χ4n) is 1.80. The van der Waals surface area contributed by atoms with Crippen molar-refractivity contribution in [2.45, 2.75) is 19.4 Å². The van der Waals surface area contributed by atoms with Crippen LogP contribution >= 0.6 is 11.3 Å². The van der Waals surface area contributed by atoms with Gasteiger partial charge in [0, 0.05) is 31.7 Å². The van der Waals surface area contributed by atoms with Gasteiger partial charge in [-0.3, -0.25) is 4.79 Å². The van der Waals surface area contributed by atoms with E-state index in [0.29, 0.717) is 24.7 Å². The number of nitrogens with one attached hydrogen (secondary N) is 1. The molecule has 3 N–H and O–H groups in total. The first-order valence-corrected chi connectivity index (χ1v) is 6.68. The molecular weight excluding hydrogens is 238 g/mol. The van der Waals surface area contributed by atoms with Crippen LogP contribution in [0.5, 0.6) is 0 Å². The number of thiazole rings is 1. The number of nitrogens with two attached hydrogens (primary N) is 1. The van der Waals surface area contributed by atoms with Crippen molar-refractivity contribution in [3.05, 3.63) is 16.1 Å². The van der Waals surface area contributed by atoms with Crippen LogP contribution in [-0.4, -0.2) is 30.6 Å². The molecule has 1 saturated heterocycles. The van der Waals surface area contributed by atoms with E-state index in [4.69, 9.17) is 10.5 Å². The largest absolute Gasteiger partial charge is 0.381 e. The summed E-state index contributed by atoms with van der Waals surface area (Å²) in [5, 5.41) is 5.41. The fourth-order valence-corrected chi connectivity index (χ4v) is 2.46. The Morgan fingerprint density at radius 3 is 3.24 bits per heavy atom. The number of carbonyl (C=O) groups is 1. The molecule has 1 aromatic rings. The van der Waals surface area contributed by atoms with Crippen molar-refractivity contribution in [2.24, 2.45) is 11.7 Å². The minimum absolute atomic E-state index is 0.111. The molecule has 1 amide bonds. The quantitative estimate of drug-likeness (QED) is 0.814. The van der Waals surface area contributed by atoms with Crippen molar-refractivity contribution in [1.29, 1.82) is 0 Å². The van der Waals surface area contributed by atoms with Gasteiger partial charge in [-0.05, 0) is 18.8 Å². The Bertz CT molecular complexity index is 375. The second-order valence-electron chi connectivity index (χ2n) is 4.10. The van der Waals surface area contributed by atoms with Crippen LogP contribution in [0.15, 0.2) is 5.38 Å². The molecule has 0 radical (unpaired) electrons. The van der Waals surface area contributed by atoms with Crippen molar-refractivity contribution in [1.82, 2.24) is 10.3 Å². The summed E-state index contributed by atoms with van der Waals surface area (Å²) in [7, 11) is 0. The van der Waals surface area contributed by atoms with Crippen LogP contribution in [0.2, 0.25) is 0 Å². The summed E-state index contributed by atoms with van der Waals surface area (Å²) in [4.78, 5) is 15.8. The number of hydrogen-bond donors (Lipinski definition) is 2. The Balaban J connectivity index is 1.72. The highest BCUT2D eigenvalue weighted by Gasteiger charge is 2.16. The third kappa shape index (κ3) is 3.49. The minimum Gasteiger partial charge on any atom is -0.381 e. The van der Waals surface area contributed by atoms with Gasteiger partial charge in [-0.2, -0.15) is 0 Å². The highest BCUT2D eigenvalue weighted by atomic mass is 32.1. The van der Waals surface area contributed by atoms with Gasteiger partial charge in [-0.1, -0.05) is 0 Å². The van der Waals surface area contributed by atoms with E-state index >= 15 is 0 Å². The Morgan fingerprint density at radius 1 is 1.71 bits per heavy atom. The van der Waals surface area contributed by atoms with Crippen LogP contribution in [0, 0.1) is 5.92 Å². The summed E-state index contributed by atoms with van der Waals surface area (Å²) in [5.74, 6) is 0.477. The number of nitrogens with zero attached hydrogens (tertiary/aromatic N) is 1. The fraction of sp³-hybridized carbons (Fsp3) is 0.636. The number of rotatable bonds is 5. The van der Waals surface area contributed by atoms with Gasteiger partial charge in [-0.25, -0.2) is 4.98 Å². The Kier molecular flexibility index (Phi) is 4.47. The van der Waals surface area contributed by atoms with Crippen LogP contribution < -0.4 is 11.1 Å². The summed E-state index contributed by atoms with van der Waals surface area (Å²) in [6, 6.07) is 0. The Labute approximate surface area is 104 Å². The van der Waals surface area contributed by atoms with Crippen molar-refractivity contribution in [2.75, 3.05) is 19.8 Å². The zero-order chi connectivity index (χ0) is 12.1. The van der Waals surface area contributed by atoms with E-state index in [2.05, 4.69) is 10.3 Å². The number of aromatic nitrogens is 1. The van der Waals surface area contributed by atoms with Crippen LogP contribution in [-0.2, 0) is 11.3 Å². The lowest BCUT2D eigenvalue weighted by atomic mass is 10.1. The molecule has 0 aromatic carbocycles. The molecule has 5 nitrogen and oxygen atoms in total. The zero-order valence-corrected chi connectivity index (χ0v) is 10.5. The van der Waals surface area contributed by atoms with Gasteiger partial charge in [0.15, 0.2) is 0 Å². The van der Waals surface area contributed by atoms with Gasteiger partial charge in [0.2, 0.25) is 0 Å². The summed E-state index contributed by atoms with van der Waals surface area (Å²) in [6.07, 6.45) is 2.07. The van der Waals surface area contributed by atoms with E-state index in [9.17, 15) is 4.79 Å². The van der Waals surface area contributed by atoms with Gasteiger partial charge >= 0.3 is 0 Å². The van der Waals surface area contributed by atoms with Crippen LogP contribution in [0.1, 0.15) is 28.3 Å². The average Bonchev–Trinajstić information content (AvgIpc) is 2.99. The minimum atomic E-state index is -0.111. The van der Waals surface area contributed by atoms with Gasteiger partial charge in [0.25, 0.3) is 5.91 Å². The third-order valence-electron chi connectivity index (χ3n) is 2.82. The molecule has 0 bridgehead atoms. The van der Waals surface area contributed by atoms with Crippen LogP contribution in [0.25, 0.3) is 0 Å². The van der Waals surface area contributed by atoms with E-state index in [1.54, 1.807) is 5.38 Å². The molecule has 94 valence electrons. The summed E-state index contributed by atoms with van der Waals surface area (Å²) < 4.78 is 5.28. The van der Waals surface area contributed by atoms with Crippen molar-refractivity contribution in [3.8, 4) is 0 Å². The van der Waals surface area contributed by atoms with E-state index in [1.807, 2.05) is 0 Å². The first kappa shape index (κ1) is 12.5. The van der Waals surface area contributed by atoms with Crippen molar-refractivity contribution >= 4 is 17.2 Å². The predicted octanol–water partition coefficient (Wildman–Crippen LogP) is 0.758. The first-order chi connectivity index (χ1) is 8.29. The van der Waals surface area contributed by atoms with Crippen LogP contribution in [0.3, 0.4) is 0 Å². The maximum atomic E-state index is 11.7. The lowest BCUT2D eigenvalue weighted by Crippen LogP contribution is -2.26. The highest BCUT2D eigenvalue weighted by molar-refractivity contribution is 7.09. The standard InChI is InChI=1S/C11H17N3O2S/c12-5-10-14-9(7-17-10)11(15)13-3-1-8-2-4-16-6-8/h7-8H,1-6,12H2,(H,13,15). The molecule has 2 rings (SSSR count). The maximum Gasteiger partial charge on any atom is 0.270 e. The molecule has 1 aromatic heterocycles. The van der Waals surface area contributed by atoms with E-state index in [0.717, 1.165) is 31.1 Å². The molecule has 1 fully saturated rings. The number of ether oxygens (including phenoxy) is 1. The smallest absolute Gasteiger partial charge is 0.270 e. The Morgan fingerprint density at radius 2 is 2.59 bits per heavy atom. The number of hydrogen-bond acceptors (Lipinski definition) is 5. The topological polar surface area (TPSA) is 77.2 Å². The second kappa shape index (κ2) is 6.09. The maximum absolute atomic E-state index is 11.7. The molecule has 17 heavy (non-hydrogen) atoms. The Hall–Kier alpha value is -0.980. The highest BCUT2D eigenvalue weighted by Crippen LogP contribution is 2.15. The molecule has 2 heterocycles. The van der Waals surface area contributed by atoms with Gasteiger partial charge < -0.3 is 15.8 Å². The molecule has 1 atom stereocenters. The van der Waals surface area contributed by atoms with Crippen molar-refractivity contribution in [3.63, 3.8) is 0 Å². The normalized spacial score (nSPS) is 19.5. The molecule has 1 aliphatic rings. The van der Waals surface area contributed by atoms with Gasteiger partial charge in [0.05, 0.1) is 0 Å². The molecule has 0 spiro atoms. The molecule has 1 aliphatic heterocycles. The summed E-state index contributed by atoms with van der Waals surface area (Å²) in [5.41, 5.74) is 5.92. The SMILES string of the molecule is NCc1nc(C(=O)NCCC2CCOC2)cs1. The average molecular weight is 255 g/mol. The summed E-state index contributed by atoms with van der Waals surface area (Å²) in [6.45, 7) is 2.74.